The molecule has 0 unspecified atom stereocenters. The maximum atomic E-state index is 11.1. The fourth-order valence-corrected chi connectivity index (χ4v) is 1.95. The first kappa shape index (κ1) is 11.6. The molecule has 1 aromatic rings. The van der Waals surface area contributed by atoms with Crippen molar-refractivity contribution in [3.63, 3.8) is 0 Å². The Hall–Kier alpha value is -1.84. The zero-order chi connectivity index (χ0) is 12.1. The lowest BCUT2D eigenvalue weighted by Gasteiger charge is -2.16. The molecule has 0 saturated carbocycles. The highest BCUT2D eigenvalue weighted by Gasteiger charge is 2.13. The summed E-state index contributed by atoms with van der Waals surface area (Å²) in [5, 5.41) is 2.76. The van der Waals surface area contributed by atoms with Gasteiger partial charge in [-0.15, -0.1) is 0 Å². The van der Waals surface area contributed by atoms with E-state index in [2.05, 4.69) is 21.8 Å². The van der Waals surface area contributed by atoms with Crippen LogP contribution >= 0.6 is 0 Å². The molecule has 0 bridgehead atoms. The number of carbonyl (C=O) groups excluding carboxylic acids is 1. The van der Waals surface area contributed by atoms with E-state index in [1.165, 1.54) is 18.9 Å². The van der Waals surface area contributed by atoms with E-state index < -0.39 is 0 Å². The summed E-state index contributed by atoms with van der Waals surface area (Å²) >= 11 is 0. The number of pyridine rings is 1. The molecule has 1 amide bonds. The molecule has 17 heavy (non-hydrogen) atoms. The van der Waals surface area contributed by atoms with Gasteiger partial charge >= 0.3 is 0 Å². The average molecular weight is 231 g/mol. The fourth-order valence-electron chi connectivity index (χ4n) is 1.95. The molecule has 0 atom stereocenters. The number of amides is 1. The molecule has 0 radical (unpaired) electrons. The minimum absolute atomic E-state index is 0.149. The van der Waals surface area contributed by atoms with E-state index >= 15 is 0 Å². The minimum Gasteiger partial charge on any atom is -0.357 e. The van der Waals surface area contributed by atoms with Crippen LogP contribution in [0.5, 0.6) is 0 Å². The monoisotopic (exact) mass is 231 g/mol. The summed E-state index contributed by atoms with van der Waals surface area (Å²) in [6.07, 6.45) is 5.55. The van der Waals surface area contributed by atoms with E-state index in [9.17, 15) is 4.79 Å². The average Bonchev–Trinajstić information content (AvgIpc) is 2.90. The molecule has 90 valence electrons. The number of rotatable bonds is 4. The minimum atomic E-state index is -0.149. The van der Waals surface area contributed by atoms with Crippen LogP contribution < -0.4 is 10.2 Å². The SMILES string of the molecule is C=CC(=O)NCc1ccnc(N2CCCC2)c1. The summed E-state index contributed by atoms with van der Waals surface area (Å²) < 4.78 is 0. The molecule has 4 nitrogen and oxygen atoms in total. The lowest BCUT2D eigenvalue weighted by molar-refractivity contribution is -0.116. The molecule has 0 aliphatic carbocycles. The van der Waals surface area contributed by atoms with Crippen molar-refractivity contribution in [1.82, 2.24) is 10.3 Å². The molecule has 1 aliphatic rings. The molecule has 1 saturated heterocycles. The van der Waals surface area contributed by atoms with E-state index in [0.717, 1.165) is 24.5 Å². The van der Waals surface area contributed by atoms with Crippen LogP contribution in [-0.4, -0.2) is 24.0 Å². The zero-order valence-electron chi connectivity index (χ0n) is 9.85. The lowest BCUT2D eigenvalue weighted by Crippen LogP contribution is -2.21. The first-order valence-corrected chi connectivity index (χ1v) is 5.90. The third-order valence-corrected chi connectivity index (χ3v) is 2.89. The summed E-state index contributed by atoms with van der Waals surface area (Å²) in [4.78, 5) is 17.7. The Bertz CT molecular complexity index is 411. The van der Waals surface area contributed by atoms with Crippen LogP contribution in [0, 0.1) is 0 Å². The first-order chi connectivity index (χ1) is 8.29. The van der Waals surface area contributed by atoms with E-state index in [1.54, 1.807) is 6.20 Å². The molecule has 1 fully saturated rings. The Morgan fingerprint density at radius 1 is 1.53 bits per heavy atom. The van der Waals surface area contributed by atoms with E-state index in [-0.39, 0.29) is 5.91 Å². The topological polar surface area (TPSA) is 45.2 Å². The Morgan fingerprint density at radius 3 is 3.00 bits per heavy atom. The summed E-state index contributed by atoms with van der Waals surface area (Å²) in [5.74, 6) is 0.859. The molecule has 2 heterocycles. The van der Waals surface area contributed by atoms with Gasteiger partial charge in [-0.1, -0.05) is 6.58 Å². The van der Waals surface area contributed by atoms with Gasteiger partial charge in [0.05, 0.1) is 0 Å². The summed E-state index contributed by atoms with van der Waals surface area (Å²) in [6.45, 7) is 6.10. The first-order valence-electron chi connectivity index (χ1n) is 5.90. The number of nitrogens with one attached hydrogen (secondary N) is 1. The van der Waals surface area contributed by atoms with Gasteiger partial charge in [-0.05, 0) is 36.6 Å². The normalized spacial score (nSPS) is 14.7. The predicted octanol–water partition coefficient (Wildman–Crippen LogP) is 1.48. The van der Waals surface area contributed by atoms with Gasteiger partial charge in [0.1, 0.15) is 5.82 Å². The molecule has 1 N–H and O–H groups in total. The van der Waals surface area contributed by atoms with Crippen LogP contribution in [0.3, 0.4) is 0 Å². The van der Waals surface area contributed by atoms with Crippen LogP contribution in [-0.2, 0) is 11.3 Å². The molecular weight excluding hydrogens is 214 g/mol. The highest BCUT2D eigenvalue weighted by atomic mass is 16.1. The van der Waals surface area contributed by atoms with Crippen LogP contribution in [0.25, 0.3) is 0 Å². The van der Waals surface area contributed by atoms with Crippen molar-refractivity contribution in [1.29, 1.82) is 0 Å². The highest BCUT2D eigenvalue weighted by Crippen LogP contribution is 2.18. The largest absolute Gasteiger partial charge is 0.357 e. The van der Waals surface area contributed by atoms with Crippen LogP contribution in [0.15, 0.2) is 31.0 Å². The maximum Gasteiger partial charge on any atom is 0.243 e. The van der Waals surface area contributed by atoms with Crippen molar-refractivity contribution >= 4 is 11.7 Å². The van der Waals surface area contributed by atoms with Gasteiger partial charge in [-0.2, -0.15) is 0 Å². The predicted molar refractivity (Wildman–Crippen MR) is 67.7 cm³/mol. The van der Waals surface area contributed by atoms with Gasteiger partial charge in [0, 0.05) is 25.8 Å². The second kappa shape index (κ2) is 5.48. The second-order valence-corrected chi connectivity index (χ2v) is 4.14. The Kier molecular flexibility index (Phi) is 3.75. The van der Waals surface area contributed by atoms with Crippen molar-refractivity contribution in [3.05, 3.63) is 36.5 Å². The van der Waals surface area contributed by atoms with E-state index in [1.807, 2.05) is 12.1 Å². The van der Waals surface area contributed by atoms with Crippen LogP contribution in [0.4, 0.5) is 5.82 Å². The number of hydrogen-bond donors (Lipinski definition) is 1. The molecule has 0 aromatic carbocycles. The summed E-state index contributed by atoms with van der Waals surface area (Å²) in [6, 6.07) is 3.96. The Labute approximate surface area is 101 Å². The third kappa shape index (κ3) is 3.06. The van der Waals surface area contributed by atoms with Gasteiger partial charge in [-0.3, -0.25) is 4.79 Å². The van der Waals surface area contributed by atoms with Crippen molar-refractivity contribution in [2.24, 2.45) is 0 Å². The van der Waals surface area contributed by atoms with Crippen molar-refractivity contribution in [2.45, 2.75) is 19.4 Å². The number of hydrogen-bond acceptors (Lipinski definition) is 3. The Morgan fingerprint density at radius 2 is 2.29 bits per heavy atom. The van der Waals surface area contributed by atoms with Crippen molar-refractivity contribution in [2.75, 3.05) is 18.0 Å². The van der Waals surface area contributed by atoms with Crippen molar-refractivity contribution in [3.8, 4) is 0 Å². The van der Waals surface area contributed by atoms with Gasteiger partial charge in [0.25, 0.3) is 0 Å². The number of nitrogens with zero attached hydrogens (tertiary/aromatic N) is 2. The fraction of sp³-hybridized carbons (Fsp3) is 0.385. The van der Waals surface area contributed by atoms with Crippen molar-refractivity contribution < 1.29 is 4.79 Å². The van der Waals surface area contributed by atoms with Gasteiger partial charge < -0.3 is 10.2 Å². The van der Waals surface area contributed by atoms with E-state index in [4.69, 9.17) is 0 Å². The molecule has 4 heteroatoms. The molecule has 1 aromatic heterocycles. The number of carbonyl (C=O) groups is 1. The molecular formula is C13H17N3O. The molecule has 0 spiro atoms. The molecule has 1 aliphatic heterocycles. The quantitative estimate of drug-likeness (QED) is 0.798. The highest BCUT2D eigenvalue weighted by molar-refractivity contribution is 5.86. The van der Waals surface area contributed by atoms with Gasteiger partial charge in [-0.25, -0.2) is 4.98 Å². The zero-order valence-corrected chi connectivity index (χ0v) is 9.85. The standard InChI is InChI=1S/C13H17N3O/c1-2-13(17)15-10-11-5-6-14-12(9-11)16-7-3-4-8-16/h2,5-6,9H,1,3-4,7-8,10H2,(H,15,17). The Balaban J connectivity index is 2.00. The van der Waals surface area contributed by atoms with Crippen LogP contribution in [0.2, 0.25) is 0 Å². The van der Waals surface area contributed by atoms with E-state index in [0.29, 0.717) is 6.54 Å². The summed E-state index contributed by atoms with van der Waals surface area (Å²) in [7, 11) is 0. The van der Waals surface area contributed by atoms with Gasteiger partial charge in [0.2, 0.25) is 5.91 Å². The lowest BCUT2D eigenvalue weighted by atomic mass is 10.2. The summed E-state index contributed by atoms with van der Waals surface area (Å²) in [5.41, 5.74) is 1.07. The smallest absolute Gasteiger partial charge is 0.243 e. The third-order valence-electron chi connectivity index (χ3n) is 2.89. The second-order valence-electron chi connectivity index (χ2n) is 4.14. The number of anilines is 1. The number of aromatic nitrogens is 1. The maximum absolute atomic E-state index is 11.1. The van der Waals surface area contributed by atoms with Gasteiger partial charge in [0.15, 0.2) is 0 Å². The van der Waals surface area contributed by atoms with Crippen LogP contribution in [0.1, 0.15) is 18.4 Å². The molecule has 2 rings (SSSR count).